The van der Waals surface area contributed by atoms with E-state index in [9.17, 15) is 4.79 Å². The molecule has 0 saturated carbocycles. The van der Waals surface area contributed by atoms with E-state index in [1.165, 1.54) is 6.20 Å². The molecule has 5 heteroatoms. The van der Waals surface area contributed by atoms with Crippen molar-refractivity contribution in [2.24, 2.45) is 0 Å². The zero-order chi connectivity index (χ0) is 17.2. The summed E-state index contributed by atoms with van der Waals surface area (Å²) in [5, 5.41) is 2.85. The molecule has 2 heterocycles. The molecule has 1 N–H and O–H groups in total. The molecule has 0 aliphatic heterocycles. The number of benzene rings is 2. The van der Waals surface area contributed by atoms with E-state index in [2.05, 4.69) is 15.3 Å². The van der Waals surface area contributed by atoms with E-state index >= 15 is 0 Å². The van der Waals surface area contributed by atoms with Gasteiger partial charge in [-0.05, 0) is 49.4 Å². The third-order valence-electron chi connectivity index (χ3n) is 3.83. The van der Waals surface area contributed by atoms with Crippen molar-refractivity contribution in [2.75, 3.05) is 5.32 Å². The first-order valence-electron chi connectivity index (χ1n) is 7.88. The van der Waals surface area contributed by atoms with E-state index in [1.54, 1.807) is 36.5 Å². The molecule has 0 spiro atoms. The Balaban J connectivity index is 1.63. The van der Waals surface area contributed by atoms with Gasteiger partial charge in [-0.2, -0.15) is 0 Å². The summed E-state index contributed by atoms with van der Waals surface area (Å²) < 4.78 is 5.82. The molecule has 2 aromatic heterocycles. The van der Waals surface area contributed by atoms with Crippen molar-refractivity contribution >= 4 is 22.7 Å². The monoisotopic (exact) mass is 329 g/mol. The van der Waals surface area contributed by atoms with E-state index in [0.717, 1.165) is 11.1 Å². The van der Waals surface area contributed by atoms with Crippen LogP contribution in [0.2, 0.25) is 0 Å². The largest absolute Gasteiger partial charge is 0.436 e. The molecule has 0 fully saturated rings. The van der Waals surface area contributed by atoms with Gasteiger partial charge in [0, 0.05) is 23.6 Å². The Morgan fingerprint density at radius 3 is 2.80 bits per heavy atom. The number of carbonyl (C=O) groups excluding carboxylic acids is 1. The molecule has 5 nitrogen and oxygen atoms in total. The van der Waals surface area contributed by atoms with Crippen LogP contribution in [0.15, 0.2) is 71.4 Å². The topological polar surface area (TPSA) is 68.0 Å². The van der Waals surface area contributed by atoms with Gasteiger partial charge in [0.25, 0.3) is 5.91 Å². The van der Waals surface area contributed by atoms with E-state index in [4.69, 9.17) is 4.42 Å². The fourth-order valence-electron chi connectivity index (χ4n) is 2.61. The Bertz CT molecular complexity index is 1050. The van der Waals surface area contributed by atoms with Crippen molar-refractivity contribution in [1.29, 1.82) is 0 Å². The van der Waals surface area contributed by atoms with Gasteiger partial charge in [0.2, 0.25) is 5.89 Å². The standard InChI is InChI=1S/C20H15N3O2/c1-13-4-2-5-14(10-13)20-23-17-11-16(7-8-18(17)25-20)22-19(24)15-6-3-9-21-12-15/h2-12H,1H3,(H,22,24). The summed E-state index contributed by atoms with van der Waals surface area (Å²) in [4.78, 5) is 20.7. The number of nitrogens with zero attached hydrogens (tertiary/aromatic N) is 2. The summed E-state index contributed by atoms with van der Waals surface area (Å²) in [7, 11) is 0. The number of hydrogen-bond acceptors (Lipinski definition) is 4. The molecule has 0 aliphatic rings. The molecule has 2 aromatic carbocycles. The number of amides is 1. The maximum absolute atomic E-state index is 12.2. The zero-order valence-corrected chi connectivity index (χ0v) is 13.6. The van der Waals surface area contributed by atoms with E-state index < -0.39 is 0 Å². The number of anilines is 1. The molecule has 4 aromatic rings. The number of pyridine rings is 1. The zero-order valence-electron chi connectivity index (χ0n) is 13.6. The lowest BCUT2D eigenvalue weighted by molar-refractivity contribution is 0.102. The Morgan fingerprint density at radius 2 is 2.00 bits per heavy atom. The smallest absolute Gasteiger partial charge is 0.257 e. The van der Waals surface area contributed by atoms with E-state index in [0.29, 0.717) is 28.2 Å². The highest BCUT2D eigenvalue weighted by Crippen LogP contribution is 2.26. The van der Waals surface area contributed by atoms with Crippen LogP contribution in [0.1, 0.15) is 15.9 Å². The molecule has 1 amide bonds. The molecule has 0 saturated heterocycles. The maximum Gasteiger partial charge on any atom is 0.257 e. The summed E-state index contributed by atoms with van der Waals surface area (Å²) in [6.07, 6.45) is 3.16. The number of rotatable bonds is 3. The van der Waals surface area contributed by atoms with Gasteiger partial charge in [-0.1, -0.05) is 17.7 Å². The molecule has 122 valence electrons. The molecule has 0 radical (unpaired) electrons. The lowest BCUT2D eigenvalue weighted by Gasteiger charge is -2.04. The Labute approximate surface area is 144 Å². The van der Waals surface area contributed by atoms with Crippen LogP contribution in [0.5, 0.6) is 0 Å². The number of aryl methyl sites for hydroxylation is 1. The molecule has 0 bridgehead atoms. The average Bonchev–Trinajstić information content (AvgIpc) is 3.06. The van der Waals surface area contributed by atoms with Crippen LogP contribution in [-0.4, -0.2) is 15.9 Å². The van der Waals surface area contributed by atoms with Crippen LogP contribution in [0.4, 0.5) is 5.69 Å². The average molecular weight is 329 g/mol. The first kappa shape index (κ1) is 15.1. The SMILES string of the molecule is Cc1cccc(-c2nc3cc(NC(=O)c4cccnc4)ccc3o2)c1. The summed E-state index contributed by atoms with van der Waals surface area (Å²) in [5.74, 6) is 0.351. The van der Waals surface area contributed by atoms with Gasteiger partial charge in [0.15, 0.2) is 5.58 Å². The minimum atomic E-state index is -0.213. The molecule has 4 rings (SSSR count). The number of oxazole rings is 1. The summed E-state index contributed by atoms with van der Waals surface area (Å²) in [6, 6.07) is 16.8. The van der Waals surface area contributed by atoms with Gasteiger partial charge in [0.05, 0.1) is 5.56 Å². The van der Waals surface area contributed by atoms with E-state index in [1.807, 2.05) is 31.2 Å². The number of fused-ring (bicyclic) bond motifs is 1. The third-order valence-corrected chi connectivity index (χ3v) is 3.83. The Morgan fingerprint density at radius 1 is 1.08 bits per heavy atom. The molecule has 25 heavy (non-hydrogen) atoms. The molecular weight excluding hydrogens is 314 g/mol. The molecule has 0 atom stereocenters. The molecule has 0 unspecified atom stereocenters. The van der Waals surface area contributed by atoms with Crippen LogP contribution >= 0.6 is 0 Å². The predicted molar refractivity (Wildman–Crippen MR) is 96.4 cm³/mol. The van der Waals surface area contributed by atoms with Gasteiger partial charge >= 0.3 is 0 Å². The van der Waals surface area contributed by atoms with Crippen molar-refractivity contribution in [3.63, 3.8) is 0 Å². The quantitative estimate of drug-likeness (QED) is 0.603. The van der Waals surface area contributed by atoms with Crippen molar-refractivity contribution in [3.8, 4) is 11.5 Å². The predicted octanol–water partition coefficient (Wildman–Crippen LogP) is 4.45. The lowest BCUT2D eigenvalue weighted by atomic mass is 10.1. The number of carbonyl (C=O) groups is 1. The Kier molecular flexibility index (Phi) is 3.74. The molecular formula is C20H15N3O2. The van der Waals surface area contributed by atoms with Crippen LogP contribution in [0.3, 0.4) is 0 Å². The number of aromatic nitrogens is 2. The first-order chi connectivity index (χ1) is 12.2. The van der Waals surface area contributed by atoms with Crippen molar-refractivity contribution < 1.29 is 9.21 Å². The molecule has 0 aliphatic carbocycles. The highest BCUT2D eigenvalue weighted by atomic mass is 16.3. The van der Waals surface area contributed by atoms with Crippen LogP contribution < -0.4 is 5.32 Å². The highest BCUT2D eigenvalue weighted by Gasteiger charge is 2.11. The summed E-state index contributed by atoms with van der Waals surface area (Å²) >= 11 is 0. The van der Waals surface area contributed by atoms with Gasteiger partial charge in [-0.3, -0.25) is 9.78 Å². The minimum Gasteiger partial charge on any atom is -0.436 e. The maximum atomic E-state index is 12.2. The summed E-state index contributed by atoms with van der Waals surface area (Å²) in [5.41, 5.74) is 4.60. The van der Waals surface area contributed by atoms with Gasteiger partial charge in [-0.15, -0.1) is 0 Å². The third kappa shape index (κ3) is 3.12. The van der Waals surface area contributed by atoms with E-state index in [-0.39, 0.29) is 5.91 Å². The highest BCUT2D eigenvalue weighted by molar-refractivity contribution is 6.04. The normalized spacial score (nSPS) is 10.8. The minimum absolute atomic E-state index is 0.213. The fourth-order valence-corrected chi connectivity index (χ4v) is 2.61. The second-order valence-corrected chi connectivity index (χ2v) is 5.77. The van der Waals surface area contributed by atoms with Crippen LogP contribution in [-0.2, 0) is 0 Å². The number of hydrogen-bond donors (Lipinski definition) is 1. The summed E-state index contributed by atoms with van der Waals surface area (Å²) in [6.45, 7) is 2.03. The second-order valence-electron chi connectivity index (χ2n) is 5.77. The van der Waals surface area contributed by atoms with Crippen LogP contribution in [0, 0.1) is 6.92 Å². The van der Waals surface area contributed by atoms with Gasteiger partial charge in [0.1, 0.15) is 5.52 Å². The second kappa shape index (κ2) is 6.20. The first-order valence-corrected chi connectivity index (χ1v) is 7.88. The van der Waals surface area contributed by atoms with Crippen LogP contribution in [0.25, 0.3) is 22.6 Å². The Hall–Kier alpha value is -3.47. The fraction of sp³-hybridized carbons (Fsp3) is 0.0500. The lowest BCUT2D eigenvalue weighted by Crippen LogP contribution is -2.11. The van der Waals surface area contributed by atoms with Crippen molar-refractivity contribution in [2.45, 2.75) is 6.92 Å². The van der Waals surface area contributed by atoms with Crippen molar-refractivity contribution in [1.82, 2.24) is 9.97 Å². The van der Waals surface area contributed by atoms with Crippen molar-refractivity contribution in [3.05, 3.63) is 78.1 Å². The van der Waals surface area contributed by atoms with Gasteiger partial charge < -0.3 is 9.73 Å². The number of nitrogens with one attached hydrogen (secondary N) is 1. The van der Waals surface area contributed by atoms with Gasteiger partial charge in [-0.25, -0.2) is 4.98 Å².